The summed E-state index contributed by atoms with van der Waals surface area (Å²) >= 11 is 0. The summed E-state index contributed by atoms with van der Waals surface area (Å²) < 4.78 is 38.1. The van der Waals surface area contributed by atoms with E-state index in [0.29, 0.717) is 53.8 Å². The summed E-state index contributed by atoms with van der Waals surface area (Å²) in [5.41, 5.74) is 0.891. The Balaban J connectivity index is 1.39. The van der Waals surface area contributed by atoms with Crippen molar-refractivity contribution >= 4 is 27.5 Å². The van der Waals surface area contributed by atoms with Crippen LogP contribution in [0.2, 0.25) is 0 Å². The van der Waals surface area contributed by atoms with Crippen molar-refractivity contribution in [3.8, 4) is 35.4 Å². The summed E-state index contributed by atoms with van der Waals surface area (Å²) in [6, 6.07) is 5.75. The fourth-order valence-electron chi connectivity index (χ4n) is 6.72. The molecule has 3 fully saturated rings. The van der Waals surface area contributed by atoms with Crippen LogP contribution in [-0.2, 0) is 6.42 Å². The van der Waals surface area contributed by atoms with Crippen LogP contribution in [0.5, 0.6) is 11.8 Å². The molecule has 44 heavy (non-hydrogen) atoms. The third-order valence-corrected chi connectivity index (χ3v) is 9.25. The van der Waals surface area contributed by atoms with Gasteiger partial charge in [0.1, 0.15) is 28.6 Å². The molecule has 8 nitrogen and oxygen atoms in total. The molecule has 3 aliphatic rings. The number of ether oxygens (including phenoxy) is 1. The normalized spacial score (nSPS) is 18.2. The monoisotopic (exact) mass is 598 g/mol. The van der Waals surface area contributed by atoms with Crippen LogP contribution < -0.4 is 15.0 Å². The number of nitrogens with zero attached hydrogens (tertiary/aromatic N) is 5. The molecule has 0 radical (unpaired) electrons. The van der Waals surface area contributed by atoms with E-state index in [1.807, 2.05) is 6.92 Å². The van der Waals surface area contributed by atoms with Crippen molar-refractivity contribution in [1.82, 2.24) is 25.2 Å². The van der Waals surface area contributed by atoms with Crippen molar-refractivity contribution in [3.05, 3.63) is 47.2 Å². The van der Waals surface area contributed by atoms with Gasteiger partial charge in [-0.15, -0.1) is 6.42 Å². The second-order valence-corrected chi connectivity index (χ2v) is 12.3. The highest BCUT2D eigenvalue weighted by Crippen LogP contribution is 2.47. The van der Waals surface area contributed by atoms with Crippen molar-refractivity contribution in [3.63, 3.8) is 0 Å². The third kappa shape index (κ3) is 5.18. The van der Waals surface area contributed by atoms with E-state index in [9.17, 15) is 9.50 Å². The molecule has 2 aromatic heterocycles. The topological polar surface area (TPSA) is 86.6 Å². The minimum absolute atomic E-state index is 0.0159. The van der Waals surface area contributed by atoms with Gasteiger partial charge in [0, 0.05) is 49.1 Å². The number of fused-ring (bicyclic) bond motifs is 2. The van der Waals surface area contributed by atoms with Crippen LogP contribution in [0.3, 0.4) is 0 Å². The Morgan fingerprint density at radius 1 is 1.05 bits per heavy atom. The maximum Gasteiger partial charge on any atom is 0.319 e. The summed E-state index contributed by atoms with van der Waals surface area (Å²) in [5.74, 6) is 1.60. The van der Waals surface area contributed by atoms with E-state index >= 15 is 4.39 Å². The Bertz CT molecular complexity index is 1790. The Labute approximate surface area is 255 Å². The summed E-state index contributed by atoms with van der Waals surface area (Å²) in [7, 11) is 0. The molecule has 2 N–H and O–H groups in total. The van der Waals surface area contributed by atoms with Gasteiger partial charge >= 0.3 is 6.01 Å². The number of hydrogen-bond acceptors (Lipinski definition) is 8. The Kier molecular flexibility index (Phi) is 7.47. The molecule has 0 amide bonds. The van der Waals surface area contributed by atoms with Gasteiger partial charge in [-0.25, -0.2) is 13.8 Å². The first-order chi connectivity index (χ1) is 21.4. The first kappa shape index (κ1) is 28.7. The molecule has 1 saturated carbocycles. The van der Waals surface area contributed by atoms with Crippen molar-refractivity contribution in [2.24, 2.45) is 5.41 Å². The van der Waals surface area contributed by atoms with Gasteiger partial charge in [-0.2, -0.15) is 9.97 Å². The highest BCUT2D eigenvalue weighted by Gasteiger charge is 2.45. The lowest BCUT2D eigenvalue weighted by Crippen LogP contribution is -2.44. The number of phenols is 1. The van der Waals surface area contributed by atoms with Crippen molar-refractivity contribution < 1.29 is 18.6 Å². The molecule has 228 valence electrons. The first-order valence-electron chi connectivity index (χ1n) is 15.5. The highest BCUT2D eigenvalue weighted by molar-refractivity contribution is 6.03. The van der Waals surface area contributed by atoms with E-state index in [0.717, 1.165) is 45.6 Å². The Morgan fingerprint density at radius 3 is 2.52 bits per heavy atom. The van der Waals surface area contributed by atoms with Gasteiger partial charge in [0.05, 0.1) is 23.3 Å². The minimum atomic E-state index is -0.696. The number of rotatable bonds is 8. The van der Waals surface area contributed by atoms with Gasteiger partial charge in [-0.05, 0) is 68.8 Å². The summed E-state index contributed by atoms with van der Waals surface area (Å²) in [6.07, 6.45) is 10.8. The van der Waals surface area contributed by atoms with E-state index in [4.69, 9.17) is 21.1 Å². The first-order valence-corrected chi connectivity index (χ1v) is 15.5. The van der Waals surface area contributed by atoms with Crippen LogP contribution in [0.25, 0.3) is 32.9 Å². The van der Waals surface area contributed by atoms with Gasteiger partial charge in [-0.1, -0.05) is 18.9 Å². The zero-order valence-electron chi connectivity index (χ0n) is 24.9. The lowest BCUT2D eigenvalue weighted by Gasteiger charge is -2.30. The molecule has 2 aliphatic heterocycles. The number of hydrogen-bond donors (Lipinski definition) is 2. The maximum atomic E-state index is 16.9. The van der Waals surface area contributed by atoms with Crippen LogP contribution in [0.1, 0.15) is 43.9 Å². The molecule has 0 bridgehead atoms. The SMILES string of the molecule is C#Cc1c(F)ccc2cc(O)cc(-c3nc(CC)c4c(N5CCNCC5)nc(OCC5(CN6CCCC6)CC5)nc4c3F)c12. The lowest BCUT2D eigenvalue weighted by molar-refractivity contribution is 0.170. The largest absolute Gasteiger partial charge is 0.508 e. The average Bonchev–Trinajstić information content (AvgIpc) is 3.61. The summed E-state index contributed by atoms with van der Waals surface area (Å²) in [4.78, 5) is 18.9. The average molecular weight is 599 g/mol. The number of piperazine rings is 1. The number of aryl methyl sites for hydroxylation is 1. The lowest BCUT2D eigenvalue weighted by atomic mass is 9.95. The van der Waals surface area contributed by atoms with E-state index in [-0.39, 0.29) is 39.5 Å². The number of pyridine rings is 1. The number of phenolic OH excluding ortho intramolecular Hbond substituents is 1. The van der Waals surface area contributed by atoms with Crippen LogP contribution in [0, 0.1) is 29.4 Å². The fraction of sp³-hybridized carbons (Fsp3) is 0.441. The molecular weight excluding hydrogens is 562 g/mol. The van der Waals surface area contributed by atoms with E-state index in [1.54, 1.807) is 0 Å². The van der Waals surface area contributed by atoms with Crippen LogP contribution in [0.15, 0.2) is 24.3 Å². The van der Waals surface area contributed by atoms with Gasteiger partial charge in [-0.3, -0.25) is 0 Å². The van der Waals surface area contributed by atoms with Crippen LogP contribution in [-0.4, -0.2) is 77.4 Å². The van der Waals surface area contributed by atoms with Crippen molar-refractivity contribution in [2.75, 3.05) is 57.3 Å². The van der Waals surface area contributed by atoms with Gasteiger partial charge < -0.3 is 25.0 Å². The zero-order valence-corrected chi connectivity index (χ0v) is 24.9. The minimum Gasteiger partial charge on any atom is -0.508 e. The van der Waals surface area contributed by atoms with Gasteiger partial charge in [0.15, 0.2) is 5.82 Å². The molecule has 10 heteroatoms. The number of likely N-dealkylation sites (tertiary alicyclic amines) is 1. The maximum absolute atomic E-state index is 16.9. The second-order valence-electron chi connectivity index (χ2n) is 12.3. The fourth-order valence-corrected chi connectivity index (χ4v) is 6.72. The molecule has 0 atom stereocenters. The second kappa shape index (κ2) is 11.5. The summed E-state index contributed by atoms with van der Waals surface area (Å²) in [5, 5.41) is 15.3. The Morgan fingerprint density at radius 2 is 1.82 bits per heavy atom. The molecule has 2 aromatic carbocycles. The predicted molar refractivity (Wildman–Crippen MR) is 167 cm³/mol. The standard InChI is InChI=1S/C34H36F2N6O2/c1-3-23-25(35)8-7-21-17-22(43)18-24(27(21)23)30-29(36)31-28(26(4-2)38-30)32(42-15-11-37-12-16-42)40-33(39-31)44-20-34(9-10-34)19-41-13-5-6-14-41/h1,7-8,17-18,37,43H,4-6,9-16,19-20H2,2H3. The van der Waals surface area contributed by atoms with Crippen LogP contribution >= 0.6 is 0 Å². The summed E-state index contributed by atoms with van der Waals surface area (Å²) in [6.45, 7) is 8.58. The number of aromatic nitrogens is 3. The molecule has 0 spiro atoms. The molecule has 1 aliphatic carbocycles. The van der Waals surface area contributed by atoms with E-state index < -0.39 is 11.6 Å². The molecule has 4 aromatic rings. The van der Waals surface area contributed by atoms with E-state index in [1.165, 1.54) is 37.1 Å². The number of aromatic hydroxyl groups is 1. The molecule has 0 unspecified atom stereocenters. The number of benzene rings is 2. The van der Waals surface area contributed by atoms with Crippen LogP contribution in [0.4, 0.5) is 14.6 Å². The van der Waals surface area contributed by atoms with Gasteiger partial charge in [0.2, 0.25) is 0 Å². The highest BCUT2D eigenvalue weighted by atomic mass is 19.1. The molecule has 2 saturated heterocycles. The number of nitrogens with one attached hydrogen (secondary N) is 1. The molecule has 7 rings (SSSR count). The predicted octanol–water partition coefficient (Wildman–Crippen LogP) is 5.04. The number of terminal acetylenes is 1. The third-order valence-electron chi connectivity index (χ3n) is 9.25. The number of anilines is 1. The smallest absolute Gasteiger partial charge is 0.319 e. The van der Waals surface area contributed by atoms with Crippen molar-refractivity contribution in [2.45, 2.75) is 39.0 Å². The number of halogens is 2. The van der Waals surface area contributed by atoms with Gasteiger partial charge in [0.25, 0.3) is 0 Å². The molecule has 4 heterocycles. The van der Waals surface area contributed by atoms with Crippen molar-refractivity contribution in [1.29, 1.82) is 0 Å². The van der Waals surface area contributed by atoms with E-state index in [2.05, 4.69) is 26.0 Å². The zero-order chi connectivity index (χ0) is 30.4. The quantitative estimate of drug-likeness (QED) is 0.273. The molecular formula is C34H36F2N6O2. The Hall–Kier alpha value is -4.07.